The van der Waals surface area contributed by atoms with Crippen LogP contribution >= 0.6 is 0 Å². The molecule has 0 unspecified atom stereocenters. The first kappa shape index (κ1) is 17.7. The fraction of sp³-hybridized carbons (Fsp3) is 0.0833. The van der Waals surface area contributed by atoms with Gasteiger partial charge in [-0.05, 0) is 54.0 Å². The molecule has 0 aliphatic heterocycles. The van der Waals surface area contributed by atoms with Crippen molar-refractivity contribution in [3.63, 3.8) is 0 Å². The average Bonchev–Trinajstić information content (AvgIpc) is 3.14. The van der Waals surface area contributed by atoms with Crippen LogP contribution in [0.2, 0.25) is 0 Å². The molecule has 0 saturated heterocycles. The summed E-state index contributed by atoms with van der Waals surface area (Å²) in [6.45, 7) is 1.58. The molecule has 0 N–H and O–H groups in total. The lowest BCUT2D eigenvalue weighted by atomic mass is 9.97. The smallest absolute Gasteiger partial charge is 0.220 e. The van der Waals surface area contributed by atoms with E-state index in [-0.39, 0.29) is 5.78 Å². The number of fused-ring (bicyclic) bond motifs is 1. The van der Waals surface area contributed by atoms with Gasteiger partial charge in [-0.1, -0.05) is 42.5 Å². The van der Waals surface area contributed by atoms with E-state index in [1.54, 1.807) is 14.0 Å². The maximum atomic E-state index is 11.9. The number of nitrogens with zero attached hydrogens (tertiary/aromatic N) is 1. The van der Waals surface area contributed by atoms with Gasteiger partial charge in [0.05, 0.1) is 7.11 Å². The quantitative estimate of drug-likeness (QED) is 0.412. The third-order valence-electron chi connectivity index (χ3n) is 4.53. The number of carbonyl (C=O) groups excluding carboxylic acids is 1. The Hall–Kier alpha value is -3.66. The molecule has 4 aromatic rings. The van der Waals surface area contributed by atoms with Crippen molar-refractivity contribution >= 4 is 29.0 Å². The van der Waals surface area contributed by atoms with Crippen LogP contribution in [0.5, 0.6) is 5.75 Å². The van der Waals surface area contributed by atoms with Gasteiger partial charge in [-0.25, -0.2) is 4.98 Å². The van der Waals surface area contributed by atoms with Gasteiger partial charge in [-0.3, -0.25) is 4.79 Å². The number of aromatic nitrogens is 1. The summed E-state index contributed by atoms with van der Waals surface area (Å²) >= 11 is 0. The zero-order chi connectivity index (χ0) is 19.5. The summed E-state index contributed by atoms with van der Waals surface area (Å²) in [6.07, 6.45) is 3.76. The molecule has 4 rings (SSSR count). The van der Waals surface area contributed by atoms with Crippen LogP contribution in [0, 0.1) is 0 Å². The zero-order valence-electron chi connectivity index (χ0n) is 15.7. The first-order chi connectivity index (χ1) is 13.6. The zero-order valence-corrected chi connectivity index (χ0v) is 15.7. The van der Waals surface area contributed by atoms with E-state index < -0.39 is 0 Å². The molecule has 0 bridgehead atoms. The molecule has 138 valence electrons. The average molecular weight is 369 g/mol. The van der Waals surface area contributed by atoms with Gasteiger partial charge in [0.25, 0.3) is 0 Å². The topological polar surface area (TPSA) is 52.3 Å². The molecule has 4 nitrogen and oxygen atoms in total. The molecule has 0 fully saturated rings. The number of hydrogen-bond acceptors (Lipinski definition) is 4. The van der Waals surface area contributed by atoms with Crippen molar-refractivity contribution in [1.29, 1.82) is 0 Å². The number of carbonyl (C=O) groups is 1. The normalized spacial score (nSPS) is 11.2. The fourth-order valence-electron chi connectivity index (χ4n) is 3.14. The van der Waals surface area contributed by atoms with Crippen molar-refractivity contribution in [2.45, 2.75) is 6.92 Å². The summed E-state index contributed by atoms with van der Waals surface area (Å²) in [7, 11) is 1.64. The Balaban J connectivity index is 1.67. The van der Waals surface area contributed by atoms with E-state index >= 15 is 0 Å². The largest absolute Gasteiger partial charge is 0.497 e. The highest BCUT2D eigenvalue weighted by Crippen LogP contribution is 2.28. The summed E-state index contributed by atoms with van der Waals surface area (Å²) in [5.74, 6) is 1.36. The summed E-state index contributed by atoms with van der Waals surface area (Å²) < 4.78 is 11.1. The van der Waals surface area contributed by atoms with Gasteiger partial charge in [0, 0.05) is 11.6 Å². The van der Waals surface area contributed by atoms with E-state index in [2.05, 4.69) is 4.98 Å². The van der Waals surface area contributed by atoms with E-state index in [1.807, 2.05) is 78.9 Å². The Labute approximate surface area is 163 Å². The predicted molar refractivity (Wildman–Crippen MR) is 111 cm³/mol. The molecule has 0 amide bonds. The Kier molecular flexibility index (Phi) is 4.77. The minimum absolute atomic E-state index is 0.0396. The molecular formula is C24H19NO3. The van der Waals surface area contributed by atoms with E-state index in [4.69, 9.17) is 9.15 Å². The monoisotopic (exact) mass is 369 g/mol. The lowest BCUT2D eigenvalue weighted by Crippen LogP contribution is -1.95. The highest BCUT2D eigenvalue weighted by Gasteiger charge is 2.11. The van der Waals surface area contributed by atoms with Gasteiger partial charge in [-0.2, -0.15) is 0 Å². The van der Waals surface area contributed by atoms with E-state index in [9.17, 15) is 4.79 Å². The van der Waals surface area contributed by atoms with Crippen molar-refractivity contribution in [1.82, 2.24) is 4.98 Å². The van der Waals surface area contributed by atoms with Crippen LogP contribution < -0.4 is 4.74 Å². The van der Waals surface area contributed by atoms with E-state index in [1.165, 1.54) is 0 Å². The minimum Gasteiger partial charge on any atom is -0.497 e. The lowest BCUT2D eigenvalue weighted by molar-refractivity contribution is 0.101. The van der Waals surface area contributed by atoms with Crippen LogP contribution in [0.4, 0.5) is 0 Å². The molecule has 0 atom stereocenters. The molecule has 1 aromatic heterocycles. The van der Waals surface area contributed by atoms with Crippen molar-refractivity contribution < 1.29 is 13.9 Å². The molecule has 1 heterocycles. The molecule has 0 radical (unpaired) electrons. The van der Waals surface area contributed by atoms with Crippen LogP contribution in [-0.4, -0.2) is 17.9 Å². The van der Waals surface area contributed by atoms with Gasteiger partial charge in [0.15, 0.2) is 11.4 Å². The van der Waals surface area contributed by atoms with E-state index in [0.29, 0.717) is 17.0 Å². The lowest BCUT2D eigenvalue weighted by Gasteiger charge is -2.06. The van der Waals surface area contributed by atoms with Gasteiger partial charge < -0.3 is 9.15 Å². The Morgan fingerprint density at radius 1 is 1.00 bits per heavy atom. The van der Waals surface area contributed by atoms with Gasteiger partial charge in [0.1, 0.15) is 11.3 Å². The summed E-state index contributed by atoms with van der Waals surface area (Å²) in [5.41, 5.74) is 4.99. The summed E-state index contributed by atoms with van der Waals surface area (Å²) in [5, 5.41) is 0. The number of rotatable bonds is 5. The standard InChI is InChI=1S/C24H19NO3/c1-16(26)20-8-3-4-9-21(20)18-11-12-23-22(15-18)25-24(28-23)13-10-17-6-5-7-19(14-17)27-2/h3-15H,1-2H3/b13-10+. The summed E-state index contributed by atoms with van der Waals surface area (Å²) in [4.78, 5) is 16.5. The van der Waals surface area contributed by atoms with Crippen molar-refractivity contribution in [2.24, 2.45) is 0 Å². The predicted octanol–water partition coefficient (Wildman–Crippen LogP) is 5.88. The number of ketones is 1. The number of Topliss-reactive ketones (excluding diaryl/α,β-unsaturated/α-hetero) is 1. The number of methoxy groups -OCH3 is 1. The SMILES string of the molecule is COc1cccc(/C=C/c2nc3cc(-c4ccccc4C(C)=O)ccc3o2)c1. The molecular weight excluding hydrogens is 350 g/mol. The first-order valence-electron chi connectivity index (χ1n) is 8.97. The highest BCUT2D eigenvalue weighted by molar-refractivity contribution is 6.01. The van der Waals surface area contributed by atoms with Gasteiger partial charge in [-0.15, -0.1) is 0 Å². The van der Waals surface area contributed by atoms with Gasteiger partial charge >= 0.3 is 0 Å². The number of benzene rings is 3. The van der Waals surface area contributed by atoms with E-state index in [0.717, 1.165) is 28.0 Å². The van der Waals surface area contributed by atoms with Gasteiger partial charge in [0.2, 0.25) is 5.89 Å². The molecule has 0 saturated carbocycles. The van der Waals surface area contributed by atoms with Crippen molar-refractivity contribution in [2.75, 3.05) is 7.11 Å². The second kappa shape index (κ2) is 7.53. The Bertz CT molecular complexity index is 1190. The maximum absolute atomic E-state index is 11.9. The van der Waals surface area contributed by atoms with Crippen molar-refractivity contribution in [3.8, 4) is 16.9 Å². The Morgan fingerprint density at radius 3 is 2.68 bits per heavy atom. The third-order valence-corrected chi connectivity index (χ3v) is 4.53. The third kappa shape index (κ3) is 3.58. The first-order valence-corrected chi connectivity index (χ1v) is 8.97. The molecule has 0 aliphatic rings. The molecule has 3 aromatic carbocycles. The number of hydrogen-bond donors (Lipinski definition) is 0. The maximum Gasteiger partial charge on any atom is 0.220 e. The van der Waals surface area contributed by atoms with Crippen LogP contribution in [0.3, 0.4) is 0 Å². The van der Waals surface area contributed by atoms with Crippen LogP contribution in [0.15, 0.2) is 71.1 Å². The number of ether oxygens (including phenoxy) is 1. The van der Waals surface area contributed by atoms with Crippen LogP contribution in [-0.2, 0) is 0 Å². The van der Waals surface area contributed by atoms with Crippen LogP contribution in [0.25, 0.3) is 34.4 Å². The van der Waals surface area contributed by atoms with Crippen LogP contribution in [0.1, 0.15) is 28.7 Å². The molecule has 0 aliphatic carbocycles. The minimum atomic E-state index is 0.0396. The second-order valence-electron chi connectivity index (χ2n) is 6.45. The fourth-order valence-corrected chi connectivity index (χ4v) is 3.14. The van der Waals surface area contributed by atoms with Crippen molar-refractivity contribution in [3.05, 3.63) is 83.7 Å². The molecule has 4 heteroatoms. The second-order valence-corrected chi connectivity index (χ2v) is 6.45. The Morgan fingerprint density at radius 2 is 1.86 bits per heavy atom. The highest BCUT2D eigenvalue weighted by atomic mass is 16.5. The number of oxazole rings is 1. The molecule has 0 spiro atoms. The molecule has 28 heavy (non-hydrogen) atoms. The summed E-state index contributed by atoms with van der Waals surface area (Å²) in [6, 6.07) is 21.1.